The minimum absolute atomic E-state index is 0.226. The largest absolute Gasteiger partial charge is 0.490 e. The van der Waals surface area contributed by atoms with Crippen molar-refractivity contribution in [2.24, 2.45) is 5.92 Å². The smallest absolute Gasteiger partial charge is 0.156 e. The Labute approximate surface area is 116 Å². The maximum atomic E-state index is 8.86. The monoisotopic (exact) mass is 294 g/mol. The van der Waals surface area contributed by atoms with Gasteiger partial charge in [-0.05, 0) is 23.8 Å². The third-order valence-electron chi connectivity index (χ3n) is 2.11. The summed E-state index contributed by atoms with van der Waals surface area (Å²) >= 11 is 13.7. The van der Waals surface area contributed by atoms with E-state index >= 15 is 0 Å². The summed E-state index contributed by atoms with van der Waals surface area (Å²) < 4.78 is 5.54. The van der Waals surface area contributed by atoms with E-state index in [1.54, 1.807) is 30.0 Å². The summed E-state index contributed by atoms with van der Waals surface area (Å²) in [5.41, 5.74) is 0. The number of benzene rings is 1. The van der Waals surface area contributed by atoms with Gasteiger partial charge in [-0.1, -0.05) is 36.2 Å². The number of hydrogen-bond acceptors (Lipinski definition) is 3. The van der Waals surface area contributed by atoms with Crippen molar-refractivity contribution in [3.63, 3.8) is 0 Å². The number of para-hydroxylation sites is 1. The number of rotatable bonds is 7. The quantitative estimate of drug-likeness (QED) is 0.777. The van der Waals surface area contributed by atoms with Crippen LogP contribution in [0.1, 0.15) is 6.92 Å². The van der Waals surface area contributed by atoms with Gasteiger partial charge in [-0.25, -0.2) is 0 Å². The number of aliphatic hydroxyl groups is 1. The molecule has 0 saturated carbocycles. The lowest BCUT2D eigenvalue weighted by Crippen LogP contribution is -2.07. The molecule has 0 aliphatic carbocycles. The lowest BCUT2D eigenvalue weighted by Gasteiger charge is -2.10. The number of hydrogen-bond donors (Lipinski definition) is 1. The molecule has 0 radical (unpaired) electrons. The molecule has 1 aromatic carbocycles. The van der Waals surface area contributed by atoms with E-state index in [0.29, 0.717) is 28.3 Å². The van der Waals surface area contributed by atoms with Gasteiger partial charge in [0.25, 0.3) is 0 Å². The summed E-state index contributed by atoms with van der Waals surface area (Å²) in [4.78, 5) is 0. The lowest BCUT2D eigenvalue weighted by molar-refractivity contribution is 0.250. The second kappa shape index (κ2) is 8.09. The predicted octanol–water partition coefficient (Wildman–Crippen LogP) is 3.73. The fourth-order valence-corrected chi connectivity index (χ4v) is 2.54. The van der Waals surface area contributed by atoms with Gasteiger partial charge in [0.2, 0.25) is 0 Å². The van der Waals surface area contributed by atoms with Gasteiger partial charge in [-0.2, -0.15) is 11.8 Å². The molecule has 0 fully saturated rings. The van der Waals surface area contributed by atoms with E-state index < -0.39 is 0 Å². The molecule has 1 N–H and O–H groups in total. The van der Waals surface area contributed by atoms with E-state index in [4.69, 9.17) is 33.0 Å². The van der Waals surface area contributed by atoms with Gasteiger partial charge < -0.3 is 9.84 Å². The Morgan fingerprint density at radius 3 is 2.59 bits per heavy atom. The summed E-state index contributed by atoms with van der Waals surface area (Å²) in [6, 6.07) is 5.29. The topological polar surface area (TPSA) is 29.5 Å². The van der Waals surface area contributed by atoms with Crippen LogP contribution in [0.2, 0.25) is 10.0 Å². The van der Waals surface area contributed by atoms with E-state index in [1.165, 1.54) is 0 Å². The molecule has 0 aliphatic heterocycles. The van der Waals surface area contributed by atoms with Crippen LogP contribution in [0.5, 0.6) is 5.75 Å². The van der Waals surface area contributed by atoms with Crippen LogP contribution in [-0.2, 0) is 0 Å². The molecule has 0 aromatic heterocycles. The first-order valence-electron chi connectivity index (χ1n) is 5.40. The molecule has 17 heavy (non-hydrogen) atoms. The van der Waals surface area contributed by atoms with Crippen LogP contribution in [0.4, 0.5) is 0 Å². The van der Waals surface area contributed by atoms with Gasteiger partial charge in [0.1, 0.15) is 0 Å². The van der Waals surface area contributed by atoms with Crippen molar-refractivity contribution in [3.05, 3.63) is 28.2 Å². The molecular weight excluding hydrogens is 279 g/mol. The van der Waals surface area contributed by atoms with E-state index in [1.807, 2.05) is 6.92 Å². The Bertz CT molecular complexity index is 327. The van der Waals surface area contributed by atoms with Crippen molar-refractivity contribution in [2.45, 2.75) is 6.92 Å². The zero-order valence-corrected chi connectivity index (χ0v) is 12.0. The summed E-state index contributed by atoms with van der Waals surface area (Å²) in [6.07, 6.45) is 0. The fourth-order valence-electron chi connectivity index (χ4n) is 1.16. The van der Waals surface area contributed by atoms with Crippen molar-refractivity contribution < 1.29 is 9.84 Å². The van der Waals surface area contributed by atoms with Gasteiger partial charge in [-0.15, -0.1) is 0 Å². The molecule has 1 unspecified atom stereocenters. The normalized spacial score (nSPS) is 12.5. The summed E-state index contributed by atoms with van der Waals surface area (Å²) in [5, 5.41) is 9.93. The summed E-state index contributed by atoms with van der Waals surface area (Å²) in [6.45, 7) is 2.80. The van der Waals surface area contributed by atoms with Crippen molar-refractivity contribution in [1.29, 1.82) is 0 Å². The van der Waals surface area contributed by atoms with E-state index in [0.717, 1.165) is 11.5 Å². The van der Waals surface area contributed by atoms with Crippen LogP contribution in [0.15, 0.2) is 18.2 Å². The minimum atomic E-state index is 0.226. The zero-order valence-electron chi connectivity index (χ0n) is 9.66. The molecule has 1 aromatic rings. The van der Waals surface area contributed by atoms with E-state index in [2.05, 4.69) is 0 Å². The first-order valence-corrected chi connectivity index (χ1v) is 7.31. The second-order valence-electron chi connectivity index (χ2n) is 3.76. The first kappa shape index (κ1) is 15.0. The van der Waals surface area contributed by atoms with Crippen LogP contribution in [0.25, 0.3) is 0 Å². The molecule has 0 heterocycles. The van der Waals surface area contributed by atoms with Gasteiger partial charge in [-0.3, -0.25) is 0 Å². The first-order chi connectivity index (χ1) is 8.15. The van der Waals surface area contributed by atoms with Crippen molar-refractivity contribution in [3.8, 4) is 5.75 Å². The highest BCUT2D eigenvalue weighted by atomic mass is 35.5. The average molecular weight is 295 g/mol. The van der Waals surface area contributed by atoms with Gasteiger partial charge >= 0.3 is 0 Å². The van der Waals surface area contributed by atoms with Crippen LogP contribution < -0.4 is 4.74 Å². The summed E-state index contributed by atoms with van der Waals surface area (Å²) in [7, 11) is 0. The average Bonchev–Trinajstić information content (AvgIpc) is 2.31. The van der Waals surface area contributed by atoms with Crippen molar-refractivity contribution in [2.75, 3.05) is 24.7 Å². The SMILES string of the molecule is CC(CO)CSCCOc1c(Cl)cccc1Cl. The molecule has 1 rings (SSSR count). The van der Waals surface area contributed by atoms with Crippen LogP contribution in [0, 0.1) is 5.92 Å². The van der Waals surface area contributed by atoms with Gasteiger partial charge in [0, 0.05) is 12.4 Å². The number of halogens is 2. The Hall–Kier alpha value is -0.0900. The van der Waals surface area contributed by atoms with E-state index in [-0.39, 0.29) is 6.61 Å². The van der Waals surface area contributed by atoms with E-state index in [9.17, 15) is 0 Å². The Morgan fingerprint density at radius 2 is 2.00 bits per heavy atom. The molecule has 0 saturated heterocycles. The highest BCUT2D eigenvalue weighted by molar-refractivity contribution is 7.99. The molecule has 1 atom stereocenters. The standard InChI is InChI=1S/C12H16Cl2O2S/c1-9(7-15)8-17-6-5-16-12-10(13)3-2-4-11(12)14/h2-4,9,15H,5-8H2,1H3. The molecule has 96 valence electrons. The fraction of sp³-hybridized carbons (Fsp3) is 0.500. The Balaban J connectivity index is 2.27. The van der Waals surface area contributed by atoms with Crippen LogP contribution >= 0.6 is 35.0 Å². The summed E-state index contributed by atoms with van der Waals surface area (Å²) in [5.74, 6) is 2.65. The zero-order chi connectivity index (χ0) is 12.7. The minimum Gasteiger partial charge on any atom is -0.490 e. The molecular formula is C12H16Cl2O2S. The maximum absolute atomic E-state index is 8.86. The molecule has 5 heteroatoms. The van der Waals surface area contributed by atoms with Gasteiger partial charge in [0.05, 0.1) is 16.7 Å². The molecule has 2 nitrogen and oxygen atoms in total. The Kier molecular flexibility index (Phi) is 7.12. The number of ether oxygens (including phenoxy) is 1. The lowest BCUT2D eigenvalue weighted by atomic mass is 10.2. The Morgan fingerprint density at radius 1 is 1.35 bits per heavy atom. The number of aliphatic hydroxyl groups excluding tert-OH is 1. The third kappa shape index (κ3) is 5.38. The molecule has 0 aliphatic rings. The second-order valence-corrected chi connectivity index (χ2v) is 5.73. The highest BCUT2D eigenvalue weighted by Crippen LogP contribution is 2.32. The molecule has 0 amide bonds. The number of thioether (sulfide) groups is 1. The van der Waals surface area contributed by atoms with Crippen LogP contribution in [0.3, 0.4) is 0 Å². The predicted molar refractivity (Wildman–Crippen MR) is 75.5 cm³/mol. The molecule has 0 bridgehead atoms. The van der Waals surface area contributed by atoms with Crippen molar-refractivity contribution in [1.82, 2.24) is 0 Å². The van der Waals surface area contributed by atoms with Gasteiger partial charge in [0.15, 0.2) is 5.75 Å². The maximum Gasteiger partial charge on any atom is 0.156 e. The highest BCUT2D eigenvalue weighted by Gasteiger charge is 2.06. The van der Waals surface area contributed by atoms with Crippen molar-refractivity contribution >= 4 is 35.0 Å². The molecule has 0 spiro atoms. The van der Waals surface area contributed by atoms with Crippen LogP contribution in [-0.4, -0.2) is 29.8 Å². The third-order valence-corrected chi connectivity index (χ3v) is 3.96.